The van der Waals surface area contributed by atoms with Crippen LogP contribution in [0.2, 0.25) is 0 Å². The third-order valence-corrected chi connectivity index (χ3v) is 5.22. The molecule has 7 nitrogen and oxygen atoms in total. The van der Waals surface area contributed by atoms with Crippen molar-refractivity contribution in [1.29, 1.82) is 0 Å². The van der Waals surface area contributed by atoms with Crippen LogP contribution < -0.4 is 0 Å². The molecule has 0 aliphatic carbocycles. The molecule has 1 aromatic heterocycles. The molecule has 7 heteroatoms. The Balaban J connectivity index is 1.74. The van der Waals surface area contributed by atoms with Crippen LogP contribution in [0.15, 0.2) is 12.3 Å². The Labute approximate surface area is 141 Å². The van der Waals surface area contributed by atoms with Gasteiger partial charge in [-0.3, -0.25) is 9.48 Å². The molecule has 1 N–H and O–H groups in total. The smallest absolute Gasteiger partial charge is 0.331 e. The van der Waals surface area contributed by atoms with Gasteiger partial charge in [-0.1, -0.05) is 13.8 Å². The number of piperidine rings is 1. The van der Waals surface area contributed by atoms with Gasteiger partial charge in [-0.05, 0) is 18.4 Å². The van der Waals surface area contributed by atoms with Crippen LogP contribution in [0.4, 0.5) is 0 Å². The van der Waals surface area contributed by atoms with Crippen molar-refractivity contribution in [2.45, 2.75) is 44.6 Å². The first-order valence-electron chi connectivity index (χ1n) is 8.60. The molecule has 1 aromatic rings. The first-order valence-corrected chi connectivity index (χ1v) is 8.60. The lowest BCUT2D eigenvalue weighted by Gasteiger charge is -2.39. The molecule has 3 rings (SSSR count). The van der Waals surface area contributed by atoms with Gasteiger partial charge in [0.25, 0.3) is 0 Å². The summed E-state index contributed by atoms with van der Waals surface area (Å²) < 4.78 is 6.88. The average Bonchev–Trinajstić information content (AvgIpc) is 3.25. The molecular formula is C17H25N3O4. The van der Waals surface area contributed by atoms with Gasteiger partial charge in [0, 0.05) is 38.7 Å². The second kappa shape index (κ2) is 6.55. The zero-order valence-corrected chi connectivity index (χ0v) is 14.3. The Hall–Kier alpha value is -1.89. The van der Waals surface area contributed by atoms with Gasteiger partial charge < -0.3 is 14.7 Å². The minimum absolute atomic E-state index is 0.0698. The summed E-state index contributed by atoms with van der Waals surface area (Å²) in [6, 6.07) is 1.88. The summed E-state index contributed by atoms with van der Waals surface area (Å²) in [4.78, 5) is 26.3. The Morgan fingerprint density at radius 1 is 1.38 bits per heavy atom. The van der Waals surface area contributed by atoms with Crippen LogP contribution in [0.1, 0.15) is 44.7 Å². The number of carbonyl (C=O) groups excluding carboxylic acids is 1. The first kappa shape index (κ1) is 17.0. The second-order valence-corrected chi connectivity index (χ2v) is 7.06. The summed E-state index contributed by atoms with van der Waals surface area (Å²) in [5, 5.41) is 14.3. The first-order chi connectivity index (χ1) is 11.4. The van der Waals surface area contributed by atoms with E-state index in [4.69, 9.17) is 4.74 Å². The van der Waals surface area contributed by atoms with E-state index in [0.29, 0.717) is 39.1 Å². The molecule has 132 valence electrons. The molecule has 2 aliphatic heterocycles. The van der Waals surface area contributed by atoms with Crippen molar-refractivity contribution < 1.29 is 19.4 Å². The van der Waals surface area contributed by atoms with E-state index in [1.807, 2.05) is 19.9 Å². The number of carbonyl (C=O) groups is 2. The molecule has 1 atom stereocenters. The number of ether oxygens (including phenoxy) is 1. The van der Waals surface area contributed by atoms with Crippen molar-refractivity contribution in [2.75, 3.05) is 26.3 Å². The monoisotopic (exact) mass is 335 g/mol. The van der Waals surface area contributed by atoms with Crippen LogP contribution in [0.3, 0.4) is 0 Å². The molecule has 0 bridgehead atoms. The van der Waals surface area contributed by atoms with Crippen LogP contribution in [-0.4, -0.2) is 58.0 Å². The van der Waals surface area contributed by atoms with Gasteiger partial charge in [0.1, 0.15) is 0 Å². The normalized spacial score (nSPS) is 23.6. The second-order valence-electron chi connectivity index (χ2n) is 7.06. The van der Waals surface area contributed by atoms with E-state index in [1.165, 1.54) is 0 Å². The molecule has 0 spiro atoms. The van der Waals surface area contributed by atoms with Gasteiger partial charge in [0.2, 0.25) is 5.91 Å². The van der Waals surface area contributed by atoms with E-state index in [0.717, 1.165) is 12.1 Å². The highest BCUT2D eigenvalue weighted by Crippen LogP contribution is 2.32. The molecule has 3 heterocycles. The van der Waals surface area contributed by atoms with Gasteiger partial charge >= 0.3 is 5.97 Å². The number of amides is 1. The zero-order chi connectivity index (χ0) is 17.3. The van der Waals surface area contributed by atoms with E-state index < -0.39 is 11.5 Å². The number of hydrogen-bond donors (Lipinski definition) is 1. The third kappa shape index (κ3) is 2.92. The Morgan fingerprint density at radius 2 is 2.08 bits per heavy atom. The average molecular weight is 335 g/mol. The number of carboxylic acid groups (broad SMARTS) is 1. The summed E-state index contributed by atoms with van der Waals surface area (Å²) in [5.41, 5.74) is -0.173. The van der Waals surface area contributed by atoms with Gasteiger partial charge in [0.15, 0.2) is 5.54 Å². The fourth-order valence-corrected chi connectivity index (χ4v) is 3.51. The maximum Gasteiger partial charge on any atom is 0.331 e. The van der Waals surface area contributed by atoms with Crippen molar-refractivity contribution in [2.24, 2.45) is 5.92 Å². The summed E-state index contributed by atoms with van der Waals surface area (Å²) in [5.74, 6) is -0.604. The van der Waals surface area contributed by atoms with Crippen LogP contribution >= 0.6 is 0 Å². The van der Waals surface area contributed by atoms with Crippen molar-refractivity contribution >= 4 is 11.9 Å². The molecule has 1 amide bonds. The van der Waals surface area contributed by atoms with E-state index in [9.17, 15) is 14.7 Å². The van der Waals surface area contributed by atoms with E-state index in [2.05, 4.69) is 5.10 Å². The molecule has 2 fully saturated rings. The number of likely N-dealkylation sites (tertiary alicyclic amines) is 1. The number of aliphatic carboxylic acids is 1. The number of carboxylic acids is 1. The summed E-state index contributed by atoms with van der Waals surface area (Å²) in [6.45, 7) is 6.07. The lowest BCUT2D eigenvalue weighted by atomic mass is 9.87. The topological polar surface area (TPSA) is 84.7 Å². The van der Waals surface area contributed by atoms with E-state index >= 15 is 0 Å². The molecule has 24 heavy (non-hydrogen) atoms. The van der Waals surface area contributed by atoms with E-state index in [1.54, 1.807) is 15.8 Å². The maximum absolute atomic E-state index is 12.5. The highest BCUT2D eigenvalue weighted by atomic mass is 16.5. The van der Waals surface area contributed by atoms with Crippen LogP contribution in [0.5, 0.6) is 0 Å². The highest BCUT2D eigenvalue weighted by molar-refractivity contribution is 5.81. The van der Waals surface area contributed by atoms with Crippen molar-refractivity contribution in [3.8, 4) is 0 Å². The van der Waals surface area contributed by atoms with E-state index in [-0.39, 0.29) is 17.7 Å². The molecule has 0 radical (unpaired) electrons. The minimum Gasteiger partial charge on any atom is -0.479 e. The largest absolute Gasteiger partial charge is 0.479 e. The van der Waals surface area contributed by atoms with Crippen molar-refractivity contribution in [3.63, 3.8) is 0 Å². The molecule has 0 aromatic carbocycles. The predicted octanol–water partition coefficient (Wildman–Crippen LogP) is 1.45. The number of nitrogens with zero attached hydrogens (tertiary/aromatic N) is 3. The number of rotatable bonds is 4. The Bertz CT molecular complexity index is 611. The van der Waals surface area contributed by atoms with Gasteiger partial charge in [0.05, 0.1) is 18.2 Å². The quantitative estimate of drug-likeness (QED) is 0.900. The molecular weight excluding hydrogens is 310 g/mol. The van der Waals surface area contributed by atoms with Crippen LogP contribution in [0, 0.1) is 5.92 Å². The fourth-order valence-electron chi connectivity index (χ4n) is 3.51. The van der Waals surface area contributed by atoms with Gasteiger partial charge in [-0.2, -0.15) is 5.10 Å². The molecule has 0 saturated carbocycles. The fraction of sp³-hybridized carbons (Fsp3) is 0.706. The standard InChI is InChI=1S/C17H25N3O4/c1-12(2)14-3-7-20(18-14)17(16(22)23)5-8-19(9-6-17)15(21)13-4-10-24-11-13/h3,7,12-13H,4-6,8-11H2,1-2H3,(H,22,23)/t13-/m1/s1. The SMILES string of the molecule is CC(C)c1ccn(C2(C(=O)O)CCN(C(=O)[C@@H]3CCOC3)CC2)n1. The minimum atomic E-state index is -1.06. The summed E-state index contributed by atoms with van der Waals surface area (Å²) >= 11 is 0. The van der Waals surface area contributed by atoms with Crippen LogP contribution in [0.25, 0.3) is 0 Å². The summed E-state index contributed by atoms with van der Waals surface area (Å²) in [6.07, 6.45) is 3.27. The molecule has 0 unspecified atom stereocenters. The lowest BCUT2D eigenvalue weighted by Crippen LogP contribution is -2.53. The number of hydrogen-bond acceptors (Lipinski definition) is 4. The molecule has 2 aliphatic rings. The molecule has 2 saturated heterocycles. The third-order valence-electron chi connectivity index (χ3n) is 5.22. The van der Waals surface area contributed by atoms with Crippen molar-refractivity contribution in [1.82, 2.24) is 14.7 Å². The zero-order valence-electron chi connectivity index (χ0n) is 14.3. The maximum atomic E-state index is 12.5. The lowest BCUT2D eigenvalue weighted by molar-refractivity contribution is -0.154. The highest BCUT2D eigenvalue weighted by Gasteiger charge is 2.45. The Morgan fingerprint density at radius 3 is 2.58 bits per heavy atom. The van der Waals surface area contributed by atoms with Gasteiger partial charge in [-0.25, -0.2) is 4.79 Å². The number of aromatic nitrogens is 2. The predicted molar refractivity (Wildman–Crippen MR) is 86.7 cm³/mol. The van der Waals surface area contributed by atoms with Crippen LogP contribution in [-0.2, 0) is 19.9 Å². The Kier molecular flexibility index (Phi) is 4.62. The van der Waals surface area contributed by atoms with Crippen molar-refractivity contribution in [3.05, 3.63) is 18.0 Å². The van der Waals surface area contributed by atoms with Gasteiger partial charge in [-0.15, -0.1) is 0 Å². The summed E-state index contributed by atoms with van der Waals surface area (Å²) in [7, 11) is 0.